The Hall–Kier alpha value is -1.35. The van der Waals surface area contributed by atoms with Crippen LogP contribution in [-0.4, -0.2) is 13.1 Å². The van der Waals surface area contributed by atoms with Crippen molar-refractivity contribution in [1.29, 1.82) is 0 Å². The van der Waals surface area contributed by atoms with Crippen LogP contribution >= 0.6 is 0 Å². The molecule has 3 nitrogen and oxygen atoms in total. The van der Waals surface area contributed by atoms with Gasteiger partial charge in [0, 0.05) is 5.54 Å². The Morgan fingerprint density at radius 3 is 1.94 bits per heavy atom. The van der Waals surface area contributed by atoms with Gasteiger partial charge in [-0.1, -0.05) is 45.0 Å². The predicted octanol–water partition coefficient (Wildman–Crippen LogP) is 2.72. The molecule has 2 N–H and O–H groups in total. The normalized spacial score (nSPS) is 15.0. The van der Waals surface area contributed by atoms with Gasteiger partial charge in [0.2, 0.25) is 0 Å². The lowest BCUT2D eigenvalue weighted by atomic mass is 9.83. The van der Waals surface area contributed by atoms with Crippen LogP contribution in [0.5, 0.6) is 0 Å². The molecule has 0 saturated carbocycles. The fourth-order valence-corrected chi connectivity index (χ4v) is 1.83. The molecular formula is C15H23NO2. The van der Waals surface area contributed by atoms with Gasteiger partial charge >= 0.3 is 5.97 Å². The van der Waals surface area contributed by atoms with Gasteiger partial charge in [-0.15, -0.1) is 0 Å². The molecular weight excluding hydrogens is 226 g/mol. The van der Waals surface area contributed by atoms with Gasteiger partial charge in [0.05, 0.1) is 13.5 Å². The fourth-order valence-electron chi connectivity index (χ4n) is 1.83. The number of ether oxygens (including phenoxy) is 1. The van der Waals surface area contributed by atoms with E-state index in [0.29, 0.717) is 0 Å². The molecule has 0 heterocycles. The smallest absolute Gasteiger partial charge is 0.307 e. The first kappa shape index (κ1) is 14.7. The summed E-state index contributed by atoms with van der Waals surface area (Å²) in [5, 5.41) is 0. The quantitative estimate of drug-likeness (QED) is 0.838. The van der Waals surface area contributed by atoms with E-state index in [2.05, 4.69) is 37.6 Å². The minimum absolute atomic E-state index is 0.117. The van der Waals surface area contributed by atoms with Gasteiger partial charge in [0.1, 0.15) is 0 Å². The van der Waals surface area contributed by atoms with Gasteiger partial charge in [-0.25, -0.2) is 0 Å². The van der Waals surface area contributed by atoms with E-state index < -0.39 is 5.54 Å². The molecule has 0 aliphatic heterocycles. The van der Waals surface area contributed by atoms with Crippen molar-refractivity contribution in [3.8, 4) is 0 Å². The first-order valence-electron chi connectivity index (χ1n) is 6.13. The number of hydrogen-bond donors (Lipinski definition) is 1. The highest BCUT2D eigenvalue weighted by Gasteiger charge is 2.25. The van der Waals surface area contributed by atoms with Crippen molar-refractivity contribution in [3.63, 3.8) is 0 Å². The zero-order valence-electron chi connectivity index (χ0n) is 11.9. The van der Waals surface area contributed by atoms with E-state index in [9.17, 15) is 4.79 Å². The molecule has 0 saturated heterocycles. The van der Waals surface area contributed by atoms with Crippen LogP contribution in [0.15, 0.2) is 24.3 Å². The van der Waals surface area contributed by atoms with Crippen LogP contribution < -0.4 is 5.73 Å². The topological polar surface area (TPSA) is 52.3 Å². The number of benzene rings is 1. The molecule has 0 spiro atoms. The molecule has 0 aliphatic rings. The Balaban J connectivity index is 2.94. The summed E-state index contributed by atoms with van der Waals surface area (Å²) in [7, 11) is 1.38. The monoisotopic (exact) mass is 249 g/mol. The molecule has 1 aromatic carbocycles. The van der Waals surface area contributed by atoms with Crippen molar-refractivity contribution in [2.24, 2.45) is 5.73 Å². The zero-order chi connectivity index (χ0) is 14.0. The molecule has 0 radical (unpaired) electrons. The van der Waals surface area contributed by atoms with E-state index in [1.54, 1.807) is 0 Å². The number of esters is 1. The number of carbonyl (C=O) groups is 1. The summed E-state index contributed by atoms with van der Waals surface area (Å²) in [6, 6.07) is 8.11. The summed E-state index contributed by atoms with van der Waals surface area (Å²) in [6.07, 6.45) is 0.179. The van der Waals surface area contributed by atoms with Crippen LogP contribution in [0, 0.1) is 0 Å². The van der Waals surface area contributed by atoms with E-state index in [4.69, 9.17) is 5.73 Å². The average Bonchev–Trinajstić information content (AvgIpc) is 2.27. The highest BCUT2D eigenvalue weighted by molar-refractivity contribution is 5.71. The lowest BCUT2D eigenvalue weighted by Crippen LogP contribution is -2.36. The summed E-state index contributed by atoms with van der Waals surface area (Å²) in [4.78, 5) is 11.3. The van der Waals surface area contributed by atoms with E-state index >= 15 is 0 Å². The average molecular weight is 249 g/mol. The molecule has 1 aromatic rings. The zero-order valence-corrected chi connectivity index (χ0v) is 11.9. The first-order chi connectivity index (χ1) is 8.16. The SMILES string of the molecule is COC(=O)C[C@@](C)(N)c1ccc(C(C)(C)C)cc1. The standard InChI is InChI=1S/C15H23NO2/c1-14(2,3)11-6-8-12(9-7-11)15(4,16)10-13(17)18-5/h6-9H,10,16H2,1-5H3/t15-/m1/s1. The number of hydrogen-bond acceptors (Lipinski definition) is 3. The van der Waals surface area contributed by atoms with E-state index in [0.717, 1.165) is 5.56 Å². The third kappa shape index (κ3) is 3.57. The van der Waals surface area contributed by atoms with Crippen LogP contribution in [0.1, 0.15) is 45.2 Å². The second-order valence-corrected chi connectivity index (χ2v) is 6.00. The van der Waals surface area contributed by atoms with Crippen LogP contribution in [0.3, 0.4) is 0 Å². The van der Waals surface area contributed by atoms with Crippen LogP contribution in [0.4, 0.5) is 0 Å². The maximum Gasteiger partial charge on any atom is 0.307 e. The Kier molecular flexibility index (Phi) is 4.17. The largest absolute Gasteiger partial charge is 0.469 e. The van der Waals surface area contributed by atoms with Gasteiger partial charge in [-0.05, 0) is 23.5 Å². The van der Waals surface area contributed by atoms with Crippen molar-refractivity contribution in [3.05, 3.63) is 35.4 Å². The van der Waals surface area contributed by atoms with Crippen molar-refractivity contribution >= 4 is 5.97 Å². The summed E-state index contributed by atoms with van der Waals surface area (Å²) >= 11 is 0. The van der Waals surface area contributed by atoms with E-state index in [-0.39, 0.29) is 17.8 Å². The summed E-state index contributed by atoms with van der Waals surface area (Å²) in [5.74, 6) is -0.292. The third-order valence-corrected chi connectivity index (χ3v) is 3.15. The van der Waals surface area contributed by atoms with Crippen LogP contribution in [-0.2, 0) is 20.5 Å². The third-order valence-electron chi connectivity index (χ3n) is 3.15. The van der Waals surface area contributed by atoms with Crippen molar-refractivity contribution in [2.75, 3.05) is 7.11 Å². The summed E-state index contributed by atoms with van der Waals surface area (Å²) in [6.45, 7) is 8.34. The van der Waals surface area contributed by atoms with Crippen molar-refractivity contribution in [2.45, 2.75) is 45.1 Å². The van der Waals surface area contributed by atoms with Gasteiger partial charge in [0.25, 0.3) is 0 Å². The molecule has 0 amide bonds. The van der Waals surface area contributed by atoms with Gasteiger partial charge in [0.15, 0.2) is 0 Å². The molecule has 3 heteroatoms. The minimum Gasteiger partial charge on any atom is -0.469 e. The highest BCUT2D eigenvalue weighted by Crippen LogP contribution is 2.27. The highest BCUT2D eigenvalue weighted by atomic mass is 16.5. The van der Waals surface area contributed by atoms with E-state index in [1.807, 2.05) is 19.1 Å². The minimum atomic E-state index is -0.691. The summed E-state index contributed by atoms with van der Waals surface area (Å²) in [5.41, 5.74) is 7.79. The molecule has 0 aromatic heterocycles. The second-order valence-electron chi connectivity index (χ2n) is 6.00. The maximum absolute atomic E-state index is 11.3. The Bertz CT molecular complexity index is 413. The molecule has 1 rings (SSSR count). The molecule has 100 valence electrons. The Morgan fingerprint density at radius 2 is 1.56 bits per heavy atom. The predicted molar refractivity (Wildman–Crippen MR) is 73.3 cm³/mol. The second kappa shape index (κ2) is 5.11. The lowest BCUT2D eigenvalue weighted by molar-refractivity contribution is -0.141. The number of nitrogens with two attached hydrogens (primary N) is 1. The fraction of sp³-hybridized carbons (Fsp3) is 0.533. The van der Waals surface area contributed by atoms with Gasteiger partial charge in [-0.3, -0.25) is 4.79 Å². The molecule has 0 fully saturated rings. The molecule has 0 aliphatic carbocycles. The first-order valence-corrected chi connectivity index (χ1v) is 6.13. The van der Waals surface area contributed by atoms with E-state index in [1.165, 1.54) is 12.7 Å². The van der Waals surface area contributed by atoms with Crippen molar-refractivity contribution in [1.82, 2.24) is 0 Å². The van der Waals surface area contributed by atoms with Gasteiger partial charge < -0.3 is 10.5 Å². The maximum atomic E-state index is 11.3. The van der Waals surface area contributed by atoms with Crippen LogP contribution in [0.2, 0.25) is 0 Å². The van der Waals surface area contributed by atoms with Gasteiger partial charge in [-0.2, -0.15) is 0 Å². The number of rotatable bonds is 3. The number of carbonyl (C=O) groups excluding carboxylic acids is 1. The Labute approximate surface area is 109 Å². The van der Waals surface area contributed by atoms with Crippen LogP contribution in [0.25, 0.3) is 0 Å². The summed E-state index contributed by atoms with van der Waals surface area (Å²) < 4.78 is 4.67. The molecule has 0 unspecified atom stereocenters. The molecule has 18 heavy (non-hydrogen) atoms. The Morgan fingerprint density at radius 1 is 1.11 bits per heavy atom. The lowest BCUT2D eigenvalue weighted by Gasteiger charge is -2.25. The molecule has 1 atom stereocenters. The van der Waals surface area contributed by atoms with Crippen molar-refractivity contribution < 1.29 is 9.53 Å². The molecule has 0 bridgehead atoms. The number of methoxy groups -OCH3 is 1.